The molecule has 1 aliphatic rings. The number of rotatable bonds is 8. The minimum absolute atomic E-state index is 0.0396. The number of likely N-dealkylation sites (tertiary alicyclic amines) is 1. The summed E-state index contributed by atoms with van der Waals surface area (Å²) in [5.41, 5.74) is 0. The van der Waals surface area contributed by atoms with E-state index in [-0.39, 0.29) is 18.4 Å². The highest BCUT2D eigenvalue weighted by Crippen LogP contribution is 2.09. The molecule has 0 aromatic carbocycles. The molecule has 0 amide bonds. The fourth-order valence-electron chi connectivity index (χ4n) is 2.34. The van der Waals surface area contributed by atoms with Crippen LogP contribution in [0.5, 0.6) is 0 Å². The van der Waals surface area contributed by atoms with Gasteiger partial charge in [0.15, 0.2) is 0 Å². The van der Waals surface area contributed by atoms with Crippen LogP contribution in [0.3, 0.4) is 0 Å². The van der Waals surface area contributed by atoms with Crippen molar-refractivity contribution in [2.75, 3.05) is 32.0 Å². The van der Waals surface area contributed by atoms with Crippen molar-refractivity contribution in [1.29, 1.82) is 0 Å². The average Bonchev–Trinajstić information content (AvgIpc) is 2.29. The Hall–Kier alpha value is -0.170. The number of nitrogens with zero attached hydrogens (tertiary/aromatic N) is 1. The molecule has 0 aliphatic carbocycles. The smallest absolute Gasteiger partial charge is 0.211 e. The van der Waals surface area contributed by atoms with Crippen LogP contribution in [0.25, 0.3) is 0 Å². The third-order valence-corrected chi connectivity index (χ3v) is 4.77. The second kappa shape index (κ2) is 8.09. The van der Waals surface area contributed by atoms with Crippen LogP contribution in [0, 0.1) is 0 Å². The van der Waals surface area contributed by atoms with Gasteiger partial charge in [-0.25, -0.2) is 13.1 Å². The van der Waals surface area contributed by atoms with Crippen LogP contribution in [0.4, 0.5) is 0 Å². The third kappa shape index (κ3) is 6.68. The molecule has 108 valence electrons. The first-order valence-electron chi connectivity index (χ1n) is 6.87. The monoisotopic (exact) mass is 278 g/mol. The molecular formula is C12H26N2O3S. The first-order valence-corrected chi connectivity index (χ1v) is 8.52. The molecule has 0 radical (unpaired) electrons. The Kier molecular flexibility index (Phi) is 7.14. The minimum atomic E-state index is -3.19. The second-order valence-electron chi connectivity index (χ2n) is 5.13. The van der Waals surface area contributed by atoms with Crippen LogP contribution in [-0.4, -0.2) is 56.5 Å². The fraction of sp³-hybridized carbons (Fsp3) is 1.00. The highest BCUT2D eigenvalue weighted by Gasteiger charge is 2.17. The van der Waals surface area contributed by atoms with Gasteiger partial charge in [-0.2, -0.15) is 0 Å². The van der Waals surface area contributed by atoms with Gasteiger partial charge in [0.2, 0.25) is 10.0 Å². The standard InChI is InChI=1S/C12H26N2O3S/c1-12(11-14-7-3-2-4-8-14)13-18(16,17)10-6-5-9-15/h12-13,15H,2-11H2,1H3. The number of nitrogens with one attached hydrogen (secondary N) is 1. The maximum absolute atomic E-state index is 11.7. The van der Waals surface area contributed by atoms with Gasteiger partial charge < -0.3 is 10.0 Å². The zero-order valence-corrected chi connectivity index (χ0v) is 12.1. The summed E-state index contributed by atoms with van der Waals surface area (Å²) in [6.07, 6.45) is 4.79. The minimum Gasteiger partial charge on any atom is -0.396 e. The average molecular weight is 278 g/mol. The summed E-state index contributed by atoms with van der Waals surface area (Å²) in [6.45, 7) is 4.92. The van der Waals surface area contributed by atoms with Gasteiger partial charge in [0.25, 0.3) is 0 Å². The van der Waals surface area contributed by atoms with Crippen molar-refractivity contribution in [3.8, 4) is 0 Å². The summed E-state index contributed by atoms with van der Waals surface area (Å²) < 4.78 is 26.2. The van der Waals surface area contributed by atoms with Gasteiger partial charge in [-0.15, -0.1) is 0 Å². The Morgan fingerprint density at radius 2 is 1.89 bits per heavy atom. The van der Waals surface area contributed by atoms with Crippen molar-refractivity contribution in [2.24, 2.45) is 0 Å². The molecule has 0 spiro atoms. The van der Waals surface area contributed by atoms with Crippen molar-refractivity contribution in [3.05, 3.63) is 0 Å². The second-order valence-corrected chi connectivity index (χ2v) is 7.00. The Balaban J connectivity index is 2.26. The van der Waals surface area contributed by atoms with Crippen LogP contribution < -0.4 is 4.72 Å². The van der Waals surface area contributed by atoms with Gasteiger partial charge in [-0.1, -0.05) is 6.42 Å². The molecule has 0 aromatic heterocycles. The summed E-state index contributed by atoms with van der Waals surface area (Å²) in [5.74, 6) is 0.109. The van der Waals surface area contributed by atoms with E-state index in [1.54, 1.807) is 0 Å². The van der Waals surface area contributed by atoms with E-state index in [0.717, 1.165) is 19.6 Å². The Morgan fingerprint density at radius 3 is 2.50 bits per heavy atom. The van der Waals surface area contributed by atoms with Crippen molar-refractivity contribution in [1.82, 2.24) is 9.62 Å². The topological polar surface area (TPSA) is 69.6 Å². The normalized spacial score (nSPS) is 19.9. The third-order valence-electron chi connectivity index (χ3n) is 3.18. The molecule has 0 bridgehead atoms. The number of aliphatic hydroxyl groups excluding tert-OH is 1. The van der Waals surface area contributed by atoms with Crippen LogP contribution in [0.2, 0.25) is 0 Å². The number of hydrogen-bond donors (Lipinski definition) is 2. The van der Waals surface area contributed by atoms with Crippen molar-refractivity contribution >= 4 is 10.0 Å². The number of hydrogen-bond acceptors (Lipinski definition) is 4. The first kappa shape index (κ1) is 15.9. The molecule has 5 nitrogen and oxygen atoms in total. The molecule has 1 unspecified atom stereocenters. The van der Waals surface area contributed by atoms with Crippen LogP contribution in [-0.2, 0) is 10.0 Å². The van der Waals surface area contributed by atoms with E-state index in [2.05, 4.69) is 9.62 Å². The lowest BCUT2D eigenvalue weighted by Crippen LogP contribution is -2.44. The van der Waals surface area contributed by atoms with Gasteiger partial charge in [-0.3, -0.25) is 0 Å². The van der Waals surface area contributed by atoms with E-state index in [1.165, 1.54) is 19.3 Å². The lowest BCUT2D eigenvalue weighted by atomic mass is 10.1. The molecule has 2 N–H and O–H groups in total. The zero-order chi connectivity index (χ0) is 13.4. The summed E-state index contributed by atoms with van der Waals surface area (Å²) in [6, 6.07) is -0.0396. The van der Waals surface area contributed by atoms with E-state index in [1.807, 2.05) is 6.92 Å². The molecule has 1 rings (SSSR count). The van der Waals surface area contributed by atoms with E-state index in [9.17, 15) is 8.42 Å². The highest BCUT2D eigenvalue weighted by atomic mass is 32.2. The number of unbranched alkanes of at least 4 members (excludes halogenated alkanes) is 1. The quantitative estimate of drug-likeness (QED) is 0.636. The van der Waals surface area contributed by atoms with Gasteiger partial charge in [-0.05, 0) is 45.7 Å². The fourth-order valence-corrected chi connectivity index (χ4v) is 3.73. The first-order chi connectivity index (χ1) is 8.53. The van der Waals surface area contributed by atoms with Crippen molar-refractivity contribution in [2.45, 2.75) is 45.1 Å². The molecule has 0 saturated carbocycles. The Labute approximate surface area is 111 Å². The van der Waals surface area contributed by atoms with Crippen molar-refractivity contribution < 1.29 is 13.5 Å². The van der Waals surface area contributed by atoms with E-state index >= 15 is 0 Å². The number of piperidine rings is 1. The molecule has 1 saturated heterocycles. The van der Waals surface area contributed by atoms with Gasteiger partial charge in [0.1, 0.15) is 0 Å². The summed E-state index contributed by atoms with van der Waals surface area (Å²) in [5, 5.41) is 8.64. The van der Waals surface area contributed by atoms with E-state index < -0.39 is 10.0 Å². The molecule has 6 heteroatoms. The molecular weight excluding hydrogens is 252 g/mol. The predicted octanol–water partition coefficient (Wildman–Crippen LogP) is 0.553. The highest BCUT2D eigenvalue weighted by molar-refractivity contribution is 7.89. The lowest BCUT2D eigenvalue weighted by molar-refractivity contribution is 0.215. The largest absolute Gasteiger partial charge is 0.396 e. The molecule has 18 heavy (non-hydrogen) atoms. The predicted molar refractivity (Wildman–Crippen MR) is 73.0 cm³/mol. The Bertz CT molecular complexity index is 313. The van der Waals surface area contributed by atoms with Crippen molar-refractivity contribution in [3.63, 3.8) is 0 Å². The van der Waals surface area contributed by atoms with Crippen LogP contribution in [0.15, 0.2) is 0 Å². The number of sulfonamides is 1. The summed E-state index contributed by atoms with van der Waals surface area (Å²) in [4.78, 5) is 2.32. The maximum atomic E-state index is 11.7. The molecule has 1 aliphatic heterocycles. The van der Waals surface area contributed by atoms with Gasteiger partial charge in [0.05, 0.1) is 5.75 Å². The Morgan fingerprint density at radius 1 is 1.22 bits per heavy atom. The van der Waals surface area contributed by atoms with E-state index in [0.29, 0.717) is 12.8 Å². The lowest BCUT2D eigenvalue weighted by Gasteiger charge is -2.29. The van der Waals surface area contributed by atoms with Crippen LogP contribution in [0.1, 0.15) is 39.0 Å². The summed E-state index contributed by atoms with van der Waals surface area (Å²) in [7, 11) is -3.19. The number of aliphatic hydroxyl groups is 1. The molecule has 1 fully saturated rings. The van der Waals surface area contributed by atoms with Gasteiger partial charge >= 0.3 is 0 Å². The molecule has 1 atom stereocenters. The van der Waals surface area contributed by atoms with Gasteiger partial charge in [0, 0.05) is 19.2 Å². The van der Waals surface area contributed by atoms with E-state index in [4.69, 9.17) is 5.11 Å². The maximum Gasteiger partial charge on any atom is 0.211 e. The molecule has 1 heterocycles. The van der Waals surface area contributed by atoms with Crippen LogP contribution >= 0.6 is 0 Å². The molecule has 0 aromatic rings. The SMILES string of the molecule is CC(CN1CCCCC1)NS(=O)(=O)CCCCO. The summed E-state index contributed by atoms with van der Waals surface area (Å²) >= 11 is 0. The zero-order valence-electron chi connectivity index (χ0n) is 11.3.